The van der Waals surface area contributed by atoms with Gasteiger partial charge in [0.1, 0.15) is 5.76 Å². The topological polar surface area (TPSA) is 125 Å². The Morgan fingerprint density at radius 3 is 2.39 bits per heavy atom. The van der Waals surface area contributed by atoms with Crippen LogP contribution in [0, 0.1) is 6.92 Å². The SMILES string of the molecule is Cc1oc(-c2ccccc2)nc1C(=O)OCC(=O)Nc1ccc(C(N)=O)cc1. The van der Waals surface area contributed by atoms with E-state index >= 15 is 0 Å². The minimum Gasteiger partial charge on any atom is -0.451 e. The number of aryl methyl sites for hydroxylation is 1. The Morgan fingerprint density at radius 1 is 1.07 bits per heavy atom. The first kappa shape index (κ1) is 18.8. The highest BCUT2D eigenvalue weighted by Crippen LogP contribution is 2.21. The third kappa shape index (κ3) is 4.42. The van der Waals surface area contributed by atoms with E-state index < -0.39 is 24.4 Å². The molecule has 0 aliphatic heterocycles. The Labute approximate surface area is 160 Å². The fourth-order valence-electron chi connectivity index (χ4n) is 2.40. The summed E-state index contributed by atoms with van der Waals surface area (Å²) < 4.78 is 10.5. The molecule has 3 rings (SSSR count). The second-order valence-corrected chi connectivity index (χ2v) is 5.86. The first-order valence-corrected chi connectivity index (χ1v) is 8.33. The number of carbonyl (C=O) groups is 3. The molecule has 0 saturated carbocycles. The summed E-state index contributed by atoms with van der Waals surface area (Å²) in [5.41, 5.74) is 6.65. The van der Waals surface area contributed by atoms with Crippen LogP contribution < -0.4 is 11.1 Å². The molecule has 2 amide bonds. The maximum Gasteiger partial charge on any atom is 0.361 e. The maximum absolute atomic E-state index is 12.2. The summed E-state index contributed by atoms with van der Waals surface area (Å²) in [4.78, 5) is 39.3. The van der Waals surface area contributed by atoms with E-state index in [4.69, 9.17) is 14.9 Å². The van der Waals surface area contributed by atoms with E-state index in [0.29, 0.717) is 22.9 Å². The van der Waals surface area contributed by atoms with Crippen LogP contribution in [0.2, 0.25) is 0 Å². The number of hydrogen-bond acceptors (Lipinski definition) is 6. The van der Waals surface area contributed by atoms with Gasteiger partial charge in [0, 0.05) is 16.8 Å². The molecule has 3 N–H and O–H groups in total. The predicted octanol–water partition coefficient (Wildman–Crippen LogP) is 2.54. The van der Waals surface area contributed by atoms with Crippen molar-refractivity contribution in [2.45, 2.75) is 6.92 Å². The van der Waals surface area contributed by atoms with Crippen LogP contribution in [0.3, 0.4) is 0 Å². The van der Waals surface area contributed by atoms with Crippen LogP contribution in [0.15, 0.2) is 59.0 Å². The summed E-state index contributed by atoms with van der Waals surface area (Å²) in [5.74, 6) is -1.27. The monoisotopic (exact) mass is 379 g/mol. The first-order chi connectivity index (χ1) is 13.4. The third-order valence-corrected chi connectivity index (χ3v) is 3.80. The summed E-state index contributed by atoms with van der Waals surface area (Å²) in [6.07, 6.45) is 0. The van der Waals surface area contributed by atoms with E-state index in [0.717, 1.165) is 5.56 Å². The van der Waals surface area contributed by atoms with Crippen molar-refractivity contribution in [2.24, 2.45) is 5.73 Å². The molecule has 3 aromatic rings. The Bertz CT molecular complexity index is 1010. The van der Waals surface area contributed by atoms with Crippen LogP contribution in [-0.2, 0) is 9.53 Å². The van der Waals surface area contributed by atoms with Gasteiger partial charge in [0.05, 0.1) is 0 Å². The first-order valence-electron chi connectivity index (χ1n) is 8.33. The lowest BCUT2D eigenvalue weighted by molar-refractivity contribution is -0.119. The van der Waals surface area contributed by atoms with Gasteiger partial charge in [-0.1, -0.05) is 18.2 Å². The van der Waals surface area contributed by atoms with Crippen LogP contribution in [0.1, 0.15) is 26.6 Å². The number of nitrogens with zero attached hydrogens (tertiary/aromatic N) is 1. The predicted molar refractivity (Wildman–Crippen MR) is 101 cm³/mol. The molecule has 28 heavy (non-hydrogen) atoms. The molecular formula is C20H17N3O5. The lowest BCUT2D eigenvalue weighted by atomic mass is 10.2. The Kier molecular flexibility index (Phi) is 5.50. The number of oxazole rings is 1. The van der Waals surface area contributed by atoms with E-state index in [2.05, 4.69) is 10.3 Å². The van der Waals surface area contributed by atoms with Gasteiger partial charge >= 0.3 is 5.97 Å². The Hall–Kier alpha value is -3.94. The molecule has 0 unspecified atom stereocenters. The third-order valence-electron chi connectivity index (χ3n) is 3.80. The van der Waals surface area contributed by atoms with Gasteiger partial charge in [-0.05, 0) is 43.3 Å². The smallest absolute Gasteiger partial charge is 0.361 e. The fourth-order valence-corrected chi connectivity index (χ4v) is 2.40. The van der Waals surface area contributed by atoms with Gasteiger partial charge in [0.15, 0.2) is 12.3 Å². The molecule has 8 heteroatoms. The molecule has 0 aliphatic rings. The van der Waals surface area contributed by atoms with Crippen molar-refractivity contribution in [1.82, 2.24) is 4.98 Å². The van der Waals surface area contributed by atoms with E-state index in [-0.39, 0.29) is 5.69 Å². The summed E-state index contributed by atoms with van der Waals surface area (Å²) in [7, 11) is 0. The summed E-state index contributed by atoms with van der Waals surface area (Å²) in [6, 6.07) is 15.1. The zero-order valence-corrected chi connectivity index (χ0v) is 15.0. The molecule has 0 fully saturated rings. The van der Waals surface area contributed by atoms with Gasteiger partial charge in [-0.2, -0.15) is 0 Å². The van der Waals surface area contributed by atoms with Crippen molar-refractivity contribution >= 4 is 23.5 Å². The van der Waals surface area contributed by atoms with E-state index in [1.54, 1.807) is 19.1 Å². The average molecular weight is 379 g/mol. The van der Waals surface area contributed by atoms with Gasteiger partial charge in [-0.25, -0.2) is 9.78 Å². The Balaban J connectivity index is 1.58. The summed E-state index contributed by atoms with van der Waals surface area (Å²) >= 11 is 0. The zero-order chi connectivity index (χ0) is 20.1. The molecule has 0 atom stereocenters. The highest BCUT2D eigenvalue weighted by atomic mass is 16.5. The van der Waals surface area contributed by atoms with Crippen molar-refractivity contribution in [3.63, 3.8) is 0 Å². The lowest BCUT2D eigenvalue weighted by Gasteiger charge is -2.06. The minimum absolute atomic E-state index is 0.0115. The van der Waals surface area contributed by atoms with Crippen molar-refractivity contribution in [3.8, 4) is 11.5 Å². The van der Waals surface area contributed by atoms with Crippen LogP contribution in [-0.4, -0.2) is 29.4 Å². The molecule has 0 radical (unpaired) electrons. The van der Waals surface area contributed by atoms with E-state index in [9.17, 15) is 14.4 Å². The summed E-state index contributed by atoms with van der Waals surface area (Å²) in [6.45, 7) is 1.10. The number of hydrogen-bond donors (Lipinski definition) is 2. The number of amides is 2. The van der Waals surface area contributed by atoms with E-state index in [1.807, 2.05) is 18.2 Å². The molecule has 1 aromatic heterocycles. The molecule has 1 heterocycles. The number of carbonyl (C=O) groups excluding carboxylic acids is 3. The lowest BCUT2D eigenvalue weighted by Crippen LogP contribution is -2.21. The second-order valence-electron chi connectivity index (χ2n) is 5.86. The number of aromatic nitrogens is 1. The molecule has 2 aromatic carbocycles. The summed E-state index contributed by atoms with van der Waals surface area (Å²) in [5, 5.41) is 2.55. The number of rotatable bonds is 6. The van der Waals surface area contributed by atoms with Gasteiger partial charge in [0.25, 0.3) is 5.91 Å². The number of nitrogens with one attached hydrogen (secondary N) is 1. The van der Waals surface area contributed by atoms with Crippen molar-refractivity contribution in [1.29, 1.82) is 0 Å². The molecule has 0 aliphatic carbocycles. The van der Waals surface area contributed by atoms with Crippen LogP contribution in [0.5, 0.6) is 0 Å². The fraction of sp³-hybridized carbons (Fsp3) is 0.100. The normalized spacial score (nSPS) is 10.3. The van der Waals surface area contributed by atoms with Crippen LogP contribution in [0.4, 0.5) is 5.69 Å². The van der Waals surface area contributed by atoms with Crippen molar-refractivity contribution in [2.75, 3.05) is 11.9 Å². The van der Waals surface area contributed by atoms with Gasteiger partial charge in [0.2, 0.25) is 11.8 Å². The van der Waals surface area contributed by atoms with Crippen LogP contribution >= 0.6 is 0 Å². The van der Waals surface area contributed by atoms with Crippen molar-refractivity contribution < 1.29 is 23.5 Å². The molecular weight excluding hydrogens is 362 g/mol. The molecule has 0 saturated heterocycles. The minimum atomic E-state index is -0.761. The largest absolute Gasteiger partial charge is 0.451 e. The van der Waals surface area contributed by atoms with Gasteiger partial charge < -0.3 is 20.2 Å². The molecule has 8 nitrogen and oxygen atoms in total. The second kappa shape index (κ2) is 8.17. The van der Waals surface area contributed by atoms with E-state index in [1.165, 1.54) is 24.3 Å². The van der Waals surface area contributed by atoms with Gasteiger partial charge in [-0.3, -0.25) is 9.59 Å². The number of esters is 1. The highest BCUT2D eigenvalue weighted by molar-refractivity contribution is 5.96. The van der Waals surface area contributed by atoms with Gasteiger partial charge in [-0.15, -0.1) is 0 Å². The number of primary amides is 1. The maximum atomic E-state index is 12.2. The molecule has 0 bridgehead atoms. The van der Waals surface area contributed by atoms with Crippen LogP contribution in [0.25, 0.3) is 11.5 Å². The highest BCUT2D eigenvalue weighted by Gasteiger charge is 2.20. The molecule has 0 spiro atoms. The number of anilines is 1. The number of benzene rings is 2. The number of ether oxygens (including phenoxy) is 1. The Morgan fingerprint density at radius 2 is 1.75 bits per heavy atom. The molecule has 142 valence electrons. The quantitative estimate of drug-likeness (QED) is 0.634. The average Bonchev–Trinajstić information content (AvgIpc) is 3.09. The van der Waals surface area contributed by atoms with Crippen molar-refractivity contribution in [3.05, 3.63) is 71.6 Å². The number of nitrogens with two attached hydrogens (primary N) is 1. The zero-order valence-electron chi connectivity index (χ0n) is 15.0. The standard InChI is InChI=1S/C20H17N3O5/c1-12-17(23-19(28-12)14-5-3-2-4-6-14)20(26)27-11-16(24)22-15-9-7-13(8-10-15)18(21)25/h2-10H,11H2,1H3,(H2,21,25)(H,22,24).